The second-order valence-corrected chi connectivity index (χ2v) is 5.69. The van der Waals surface area contributed by atoms with Crippen LogP contribution >= 0.6 is 23.4 Å². The molecule has 0 amide bonds. The van der Waals surface area contributed by atoms with Crippen LogP contribution in [-0.4, -0.2) is 26.3 Å². The lowest BCUT2D eigenvalue weighted by molar-refractivity contribution is 0.614. The molecule has 18 heavy (non-hydrogen) atoms. The molecule has 0 N–H and O–H groups in total. The molecule has 1 aromatic heterocycles. The normalized spacial score (nSPS) is 12.6. The third-order valence-electron chi connectivity index (χ3n) is 2.69. The van der Waals surface area contributed by atoms with E-state index in [2.05, 4.69) is 24.0 Å². The molecule has 2 aromatic rings. The second kappa shape index (κ2) is 6.25. The molecule has 0 radical (unpaired) electrons. The first-order chi connectivity index (χ1) is 8.74. The van der Waals surface area contributed by atoms with Gasteiger partial charge in [0.15, 0.2) is 5.82 Å². The molecule has 0 spiro atoms. The molecule has 96 valence electrons. The highest BCUT2D eigenvalue weighted by Gasteiger charge is 2.17. The number of nitrogens with zero attached hydrogens (tertiary/aromatic N) is 3. The van der Waals surface area contributed by atoms with E-state index in [1.165, 1.54) is 0 Å². The van der Waals surface area contributed by atoms with Crippen molar-refractivity contribution < 1.29 is 0 Å². The van der Waals surface area contributed by atoms with Gasteiger partial charge in [0.1, 0.15) is 0 Å². The van der Waals surface area contributed by atoms with E-state index in [0.29, 0.717) is 5.28 Å². The van der Waals surface area contributed by atoms with Crippen molar-refractivity contribution in [1.29, 1.82) is 0 Å². The summed E-state index contributed by atoms with van der Waals surface area (Å²) in [5, 5.41) is 8.63. The van der Waals surface area contributed by atoms with Gasteiger partial charge in [0.2, 0.25) is 5.28 Å². The Bertz CT molecular complexity index is 498. The molecule has 0 aliphatic rings. The summed E-state index contributed by atoms with van der Waals surface area (Å²) in [4.78, 5) is 0. The summed E-state index contributed by atoms with van der Waals surface area (Å²) in [7, 11) is 0. The number of rotatable bonds is 5. The Morgan fingerprint density at radius 1 is 1.28 bits per heavy atom. The van der Waals surface area contributed by atoms with Crippen LogP contribution in [0.25, 0.3) is 11.4 Å². The van der Waals surface area contributed by atoms with Gasteiger partial charge >= 0.3 is 0 Å². The molecule has 1 atom stereocenters. The lowest BCUT2D eigenvalue weighted by Crippen LogP contribution is -2.10. The molecule has 2 rings (SSSR count). The summed E-state index contributed by atoms with van der Waals surface area (Å²) in [6.45, 7) is 4.30. The molecule has 0 aliphatic heterocycles. The molecule has 1 aromatic carbocycles. The van der Waals surface area contributed by atoms with E-state index in [9.17, 15) is 0 Å². The van der Waals surface area contributed by atoms with Crippen molar-refractivity contribution in [1.82, 2.24) is 14.8 Å². The van der Waals surface area contributed by atoms with Crippen LogP contribution in [-0.2, 0) is 0 Å². The van der Waals surface area contributed by atoms with Gasteiger partial charge in [-0.05, 0) is 24.3 Å². The third kappa shape index (κ3) is 2.87. The van der Waals surface area contributed by atoms with Crippen LogP contribution in [0.15, 0.2) is 30.3 Å². The van der Waals surface area contributed by atoms with Gasteiger partial charge in [-0.1, -0.05) is 37.3 Å². The number of halogens is 1. The number of benzene rings is 1. The Kier molecular flexibility index (Phi) is 4.66. The predicted molar refractivity (Wildman–Crippen MR) is 78.2 cm³/mol. The van der Waals surface area contributed by atoms with Crippen LogP contribution in [0, 0.1) is 0 Å². The first-order valence-electron chi connectivity index (χ1n) is 5.97. The van der Waals surface area contributed by atoms with E-state index in [0.717, 1.165) is 22.9 Å². The average molecular weight is 282 g/mol. The fourth-order valence-corrected chi connectivity index (χ4v) is 2.82. The highest BCUT2D eigenvalue weighted by molar-refractivity contribution is 7.99. The summed E-state index contributed by atoms with van der Waals surface area (Å²) in [6.07, 6.45) is 0. The predicted octanol–water partition coefficient (Wildman–Crippen LogP) is 3.91. The second-order valence-electron chi connectivity index (χ2n) is 4.04. The topological polar surface area (TPSA) is 30.7 Å². The summed E-state index contributed by atoms with van der Waals surface area (Å²) >= 11 is 8.04. The summed E-state index contributed by atoms with van der Waals surface area (Å²) in [6, 6.07) is 10.3. The molecule has 0 saturated heterocycles. The zero-order valence-electron chi connectivity index (χ0n) is 10.5. The number of thioether (sulfide) groups is 1. The quantitative estimate of drug-likeness (QED) is 0.832. The maximum Gasteiger partial charge on any atom is 0.225 e. The van der Waals surface area contributed by atoms with Crippen LogP contribution in [0.2, 0.25) is 5.28 Å². The van der Waals surface area contributed by atoms with Crippen molar-refractivity contribution in [2.75, 3.05) is 11.5 Å². The Morgan fingerprint density at radius 3 is 2.67 bits per heavy atom. The number of hydrogen-bond acceptors (Lipinski definition) is 3. The van der Waals surface area contributed by atoms with Crippen molar-refractivity contribution in [2.24, 2.45) is 0 Å². The van der Waals surface area contributed by atoms with Gasteiger partial charge < -0.3 is 0 Å². The molecule has 1 heterocycles. The maximum atomic E-state index is 6.15. The molecule has 5 heteroatoms. The first kappa shape index (κ1) is 13.4. The highest BCUT2D eigenvalue weighted by Crippen LogP contribution is 2.26. The fourth-order valence-electron chi connectivity index (χ4n) is 1.81. The first-order valence-corrected chi connectivity index (χ1v) is 7.51. The van der Waals surface area contributed by atoms with Gasteiger partial charge in [0.05, 0.1) is 0 Å². The zero-order chi connectivity index (χ0) is 13.0. The van der Waals surface area contributed by atoms with Crippen LogP contribution < -0.4 is 0 Å². The van der Waals surface area contributed by atoms with Crippen molar-refractivity contribution in [3.63, 3.8) is 0 Å². The Balaban J connectivity index is 2.33. The zero-order valence-corrected chi connectivity index (χ0v) is 12.1. The van der Waals surface area contributed by atoms with Crippen molar-refractivity contribution in [2.45, 2.75) is 19.9 Å². The minimum Gasteiger partial charge on any atom is -0.294 e. The standard InChI is InChI=1S/C13H16ClN3S/c1-3-18-9-10(2)17-12(15-16-13(17)14)11-7-5-4-6-8-11/h4-8,10H,3,9H2,1-2H3. The lowest BCUT2D eigenvalue weighted by atomic mass is 10.2. The van der Waals surface area contributed by atoms with E-state index >= 15 is 0 Å². The monoisotopic (exact) mass is 281 g/mol. The summed E-state index contributed by atoms with van der Waals surface area (Å²) in [5.41, 5.74) is 1.05. The van der Waals surface area contributed by atoms with Gasteiger partial charge in [0, 0.05) is 17.4 Å². The minimum absolute atomic E-state index is 0.285. The highest BCUT2D eigenvalue weighted by atomic mass is 35.5. The molecule has 0 fully saturated rings. The third-order valence-corrected chi connectivity index (χ3v) is 4.07. The Morgan fingerprint density at radius 2 is 2.00 bits per heavy atom. The van der Waals surface area contributed by atoms with Gasteiger partial charge in [-0.3, -0.25) is 4.57 Å². The largest absolute Gasteiger partial charge is 0.294 e. The SMILES string of the molecule is CCSCC(C)n1c(Cl)nnc1-c1ccccc1. The average Bonchev–Trinajstić information content (AvgIpc) is 2.79. The molecule has 0 saturated carbocycles. The molecule has 1 unspecified atom stereocenters. The van der Waals surface area contributed by atoms with Crippen molar-refractivity contribution in [3.8, 4) is 11.4 Å². The van der Waals surface area contributed by atoms with Gasteiger partial charge in [-0.15, -0.1) is 10.2 Å². The van der Waals surface area contributed by atoms with Crippen LogP contribution in [0.3, 0.4) is 0 Å². The molecule has 3 nitrogen and oxygen atoms in total. The van der Waals surface area contributed by atoms with E-state index in [-0.39, 0.29) is 6.04 Å². The van der Waals surface area contributed by atoms with Gasteiger partial charge in [-0.2, -0.15) is 11.8 Å². The van der Waals surface area contributed by atoms with Crippen LogP contribution in [0.4, 0.5) is 0 Å². The molecular formula is C13H16ClN3S. The van der Waals surface area contributed by atoms with E-state index in [4.69, 9.17) is 11.6 Å². The van der Waals surface area contributed by atoms with Crippen LogP contribution in [0.5, 0.6) is 0 Å². The number of aromatic nitrogens is 3. The van der Waals surface area contributed by atoms with Crippen molar-refractivity contribution in [3.05, 3.63) is 35.6 Å². The van der Waals surface area contributed by atoms with Crippen molar-refractivity contribution >= 4 is 23.4 Å². The van der Waals surface area contributed by atoms with Gasteiger partial charge in [-0.25, -0.2) is 0 Å². The van der Waals surface area contributed by atoms with E-state index < -0.39 is 0 Å². The Labute approximate surface area is 117 Å². The van der Waals surface area contributed by atoms with E-state index in [1.54, 1.807) is 0 Å². The lowest BCUT2D eigenvalue weighted by Gasteiger charge is -2.15. The summed E-state index contributed by atoms with van der Waals surface area (Å²) in [5.74, 6) is 2.95. The van der Waals surface area contributed by atoms with E-state index in [1.807, 2.05) is 46.7 Å². The molecule has 0 aliphatic carbocycles. The van der Waals surface area contributed by atoms with Crippen LogP contribution in [0.1, 0.15) is 19.9 Å². The smallest absolute Gasteiger partial charge is 0.225 e. The maximum absolute atomic E-state index is 6.15. The minimum atomic E-state index is 0.285. The number of hydrogen-bond donors (Lipinski definition) is 0. The fraction of sp³-hybridized carbons (Fsp3) is 0.385. The molecular weight excluding hydrogens is 266 g/mol. The molecule has 0 bridgehead atoms. The Hall–Kier alpha value is -1.00. The van der Waals surface area contributed by atoms with Gasteiger partial charge in [0.25, 0.3) is 0 Å². The summed E-state index contributed by atoms with van der Waals surface area (Å²) < 4.78 is 2.00.